The van der Waals surface area contributed by atoms with Crippen molar-refractivity contribution in [3.8, 4) is 5.69 Å². The third-order valence-electron chi connectivity index (χ3n) is 2.52. The predicted octanol–water partition coefficient (Wildman–Crippen LogP) is 1.25. The van der Waals surface area contributed by atoms with Crippen molar-refractivity contribution in [2.45, 2.75) is 13.0 Å². The van der Waals surface area contributed by atoms with E-state index in [4.69, 9.17) is 5.11 Å². The second kappa shape index (κ2) is 4.87. The molecule has 5 nitrogen and oxygen atoms in total. The SMILES string of the molecule is O=C(O)CCn1ccn(-c2ccc(F)cc2)c1=O. The average molecular weight is 250 g/mol. The van der Waals surface area contributed by atoms with Crippen LogP contribution in [0.1, 0.15) is 6.42 Å². The average Bonchev–Trinajstić information content (AvgIpc) is 2.69. The first kappa shape index (κ1) is 12.1. The molecule has 0 fully saturated rings. The Bertz CT molecular complexity index is 613. The van der Waals surface area contributed by atoms with E-state index in [0.717, 1.165) is 0 Å². The van der Waals surface area contributed by atoms with E-state index in [1.165, 1.54) is 45.8 Å². The van der Waals surface area contributed by atoms with Gasteiger partial charge in [-0.1, -0.05) is 0 Å². The summed E-state index contributed by atoms with van der Waals surface area (Å²) in [4.78, 5) is 22.3. The van der Waals surface area contributed by atoms with Gasteiger partial charge in [0, 0.05) is 18.9 Å². The van der Waals surface area contributed by atoms with Crippen LogP contribution in [0.15, 0.2) is 41.5 Å². The highest BCUT2D eigenvalue weighted by atomic mass is 19.1. The van der Waals surface area contributed by atoms with Gasteiger partial charge < -0.3 is 5.11 Å². The van der Waals surface area contributed by atoms with Crippen molar-refractivity contribution in [2.75, 3.05) is 0 Å². The Hall–Kier alpha value is -2.37. The summed E-state index contributed by atoms with van der Waals surface area (Å²) < 4.78 is 15.4. The zero-order chi connectivity index (χ0) is 13.1. The van der Waals surface area contributed by atoms with Gasteiger partial charge in [0.05, 0.1) is 12.1 Å². The summed E-state index contributed by atoms with van der Waals surface area (Å²) in [5, 5.41) is 8.56. The highest BCUT2D eigenvalue weighted by molar-refractivity contribution is 5.66. The molecule has 0 saturated carbocycles. The lowest BCUT2D eigenvalue weighted by atomic mass is 10.3. The first-order chi connectivity index (χ1) is 8.58. The Morgan fingerprint density at radius 3 is 2.50 bits per heavy atom. The van der Waals surface area contributed by atoms with E-state index in [0.29, 0.717) is 5.69 Å². The minimum atomic E-state index is -0.962. The molecule has 2 aromatic rings. The van der Waals surface area contributed by atoms with Crippen molar-refractivity contribution < 1.29 is 14.3 Å². The van der Waals surface area contributed by atoms with Gasteiger partial charge in [-0.3, -0.25) is 13.9 Å². The molecule has 0 unspecified atom stereocenters. The van der Waals surface area contributed by atoms with Crippen LogP contribution in [0.2, 0.25) is 0 Å². The number of rotatable bonds is 4. The molecule has 1 aromatic carbocycles. The Balaban J connectivity index is 2.28. The van der Waals surface area contributed by atoms with Crippen molar-refractivity contribution in [3.05, 3.63) is 53.0 Å². The maximum atomic E-state index is 12.8. The van der Waals surface area contributed by atoms with E-state index in [1.54, 1.807) is 0 Å². The standard InChI is InChI=1S/C12H11FN2O3/c13-9-1-3-10(4-2-9)15-8-7-14(12(15)18)6-5-11(16)17/h1-4,7-8H,5-6H2,(H,16,17). The molecule has 2 rings (SSSR count). The fourth-order valence-corrected chi connectivity index (χ4v) is 1.60. The first-order valence-corrected chi connectivity index (χ1v) is 5.33. The van der Waals surface area contributed by atoms with Crippen molar-refractivity contribution in [2.24, 2.45) is 0 Å². The molecule has 6 heteroatoms. The number of carbonyl (C=O) groups is 1. The highest BCUT2D eigenvalue weighted by Crippen LogP contribution is 2.06. The summed E-state index contributed by atoms with van der Waals surface area (Å²) >= 11 is 0. The number of nitrogens with zero attached hydrogens (tertiary/aromatic N) is 2. The number of imidazole rings is 1. The minimum absolute atomic E-state index is 0.113. The quantitative estimate of drug-likeness (QED) is 0.888. The van der Waals surface area contributed by atoms with E-state index < -0.39 is 5.97 Å². The van der Waals surface area contributed by atoms with E-state index in [2.05, 4.69) is 0 Å². The summed E-state index contributed by atoms with van der Waals surface area (Å²) in [6.45, 7) is 0.113. The summed E-state index contributed by atoms with van der Waals surface area (Å²) in [5.74, 6) is -1.34. The van der Waals surface area contributed by atoms with Crippen molar-refractivity contribution in [3.63, 3.8) is 0 Å². The Kier molecular flexibility index (Phi) is 3.27. The van der Waals surface area contributed by atoms with Crippen LogP contribution in [-0.4, -0.2) is 20.2 Å². The number of hydrogen-bond donors (Lipinski definition) is 1. The molecule has 1 heterocycles. The molecule has 0 bridgehead atoms. The Morgan fingerprint density at radius 1 is 1.22 bits per heavy atom. The molecule has 0 atom stereocenters. The maximum Gasteiger partial charge on any atom is 0.332 e. The van der Waals surface area contributed by atoms with Gasteiger partial charge in [-0.2, -0.15) is 0 Å². The molecule has 0 amide bonds. The number of halogens is 1. The smallest absolute Gasteiger partial charge is 0.332 e. The monoisotopic (exact) mass is 250 g/mol. The van der Waals surface area contributed by atoms with E-state index >= 15 is 0 Å². The fourth-order valence-electron chi connectivity index (χ4n) is 1.60. The van der Waals surface area contributed by atoms with Crippen LogP contribution in [0.4, 0.5) is 4.39 Å². The number of aliphatic carboxylic acids is 1. The van der Waals surface area contributed by atoms with Crippen molar-refractivity contribution >= 4 is 5.97 Å². The normalized spacial score (nSPS) is 10.5. The number of benzene rings is 1. The Labute approximate surface area is 102 Å². The zero-order valence-corrected chi connectivity index (χ0v) is 9.41. The third-order valence-corrected chi connectivity index (χ3v) is 2.52. The molecule has 94 valence electrons. The van der Waals surface area contributed by atoms with Crippen LogP contribution in [0.3, 0.4) is 0 Å². The maximum absolute atomic E-state index is 12.8. The molecular formula is C12H11FN2O3. The largest absolute Gasteiger partial charge is 0.481 e. The van der Waals surface area contributed by atoms with Gasteiger partial charge in [0.15, 0.2) is 0 Å². The highest BCUT2D eigenvalue weighted by Gasteiger charge is 2.06. The first-order valence-electron chi connectivity index (χ1n) is 5.33. The molecule has 0 spiro atoms. The van der Waals surface area contributed by atoms with Gasteiger partial charge in [-0.05, 0) is 24.3 Å². The zero-order valence-electron chi connectivity index (χ0n) is 9.41. The van der Waals surface area contributed by atoms with Crippen LogP contribution in [0.25, 0.3) is 5.69 Å². The summed E-state index contributed by atoms with van der Waals surface area (Å²) in [7, 11) is 0. The van der Waals surface area contributed by atoms with Crippen LogP contribution in [0, 0.1) is 5.82 Å². The molecular weight excluding hydrogens is 239 g/mol. The number of hydrogen-bond acceptors (Lipinski definition) is 2. The van der Waals surface area contributed by atoms with Gasteiger partial charge in [0.2, 0.25) is 0 Å². The lowest BCUT2D eigenvalue weighted by Crippen LogP contribution is -2.23. The molecule has 0 aliphatic heterocycles. The van der Waals surface area contributed by atoms with Crippen molar-refractivity contribution in [1.82, 2.24) is 9.13 Å². The number of aryl methyl sites for hydroxylation is 1. The third kappa shape index (κ3) is 2.48. The molecule has 0 saturated heterocycles. The molecule has 18 heavy (non-hydrogen) atoms. The van der Waals surface area contributed by atoms with Crippen LogP contribution >= 0.6 is 0 Å². The Morgan fingerprint density at radius 2 is 1.89 bits per heavy atom. The van der Waals surface area contributed by atoms with Crippen molar-refractivity contribution in [1.29, 1.82) is 0 Å². The van der Waals surface area contributed by atoms with Gasteiger partial charge >= 0.3 is 11.7 Å². The lowest BCUT2D eigenvalue weighted by Gasteiger charge is -2.01. The second-order valence-electron chi connectivity index (χ2n) is 3.76. The van der Waals surface area contributed by atoms with Crippen LogP contribution in [0.5, 0.6) is 0 Å². The topological polar surface area (TPSA) is 64.2 Å². The number of aromatic nitrogens is 2. The molecule has 0 aliphatic rings. The van der Waals surface area contributed by atoms with E-state index in [1.807, 2.05) is 0 Å². The lowest BCUT2D eigenvalue weighted by molar-refractivity contribution is -0.137. The molecule has 1 N–H and O–H groups in total. The van der Waals surface area contributed by atoms with Gasteiger partial charge in [-0.25, -0.2) is 9.18 Å². The van der Waals surface area contributed by atoms with Gasteiger partial charge in [0.1, 0.15) is 5.82 Å². The molecule has 0 radical (unpaired) electrons. The van der Waals surface area contributed by atoms with E-state index in [9.17, 15) is 14.0 Å². The van der Waals surface area contributed by atoms with Crippen LogP contribution in [-0.2, 0) is 11.3 Å². The van der Waals surface area contributed by atoms with Crippen LogP contribution < -0.4 is 5.69 Å². The van der Waals surface area contributed by atoms with E-state index in [-0.39, 0.29) is 24.5 Å². The number of carboxylic acid groups (broad SMARTS) is 1. The van der Waals surface area contributed by atoms with Gasteiger partial charge in [0.25, 0.3) is 0 Å². The summed E-state index contributed by atoms with van der Waals surface area (Å²) in [5.41, 5.74) is 0.193. The second-order valence-corrected chi connectivity index (χ2v) is 3.76. The predicted molar refractivity (Wildman–Crippen MR) is 62.2 cm³/mol. The number of carboxylic acids is 1. The summed E-state index contributed by atoms with van der Waals surface area (Å²) in [6.07, 6.45) is 2.92. The summed E-state index contributed by atoms with van der Waals surface area (Å²) in [6, 6.07) is 5.49. The molecule has 0 aliphatic carbocycles. The van der Waals surface area contributed by atoms with Gasteiger partial charge in [-0.15, -0.1) is 0 Å². The minimum Gasteiger partial charge on any atom is -0.481 e. The molecule has 1 aromatic heterocycles. The fraction of sp³-hybridized carbons (Fsp3) is 0.167.